The van der Waals surface area contributed by atoms with E-state index in [0.29, 0.717) is 11.3 Å². The van der Waals surface area contributed by atoms with Crippen LogP contribution in [0.15, 0.2) is 48.5 Å². The third kappa shape index (κ3) is 2.81. The van der Waals surface area contributed by atoms with Gasteiger partial charge in [-0.3, -0.25) is 9.59 Å². The standard InChI is InChI=1S/C21H23NO5/c1-22-16-11-7-5-9-14(16)13-21(19(23)26-3,20(24)27-4)18(22)15-10-6-8-12-17(15)25-2/h5-12,18H,13H2,1-4H3. The number of hydrogen-bond acceptors (Lipinski definition) is 6. The van der Waals surface area contributed by atoms with Gasteiger partial charge in [-0.05, 0) is 17.7 Å². The molecule has 0 fully saturated rings. The highest BCUT2D eigenvalue weighted by molar-refractivity contribution is 6.03. The van der Waals surface area contributed by atoms with Crippen LogP contribution in [0.5, 0.6) is 5.75 Å². The maximum atomic E-state index is 13.0. The molecule has 0 N–H and O–H groups in total. The van der Waals surface area contributed by atoms with E-state index in [-0.39, 0.29) is 6.42 Å². The zero-order chi connectivity index (χ0) is 19.6. The summed E-state index contributed by atoms with van der Waals surface area (Å²) in [5.41, 5.74) is 0.980. The third-order valence-corrected chi connectivity index (χ3v) is 5.23. The van der Waals surface area contributed by atoms with Crippen LogP contribution < -0.4 is 9.64 Å². The molecule has 0 bridgehead atoms. The number of carbonyl (C=O) groups excluding carboxylic acids is 2. The van der Waals surface area contributed by atoms with Crippen LogP contribution in [-0.4, -0.2) is 40.3 Å². The molecule has 1 aliphatic heterocycles. The van der Waals surface area contributed by atoms with Gasteiger partial charge in [0.05, 0.1) is 27.4 Å². The lowest BCUT2D eigenvalue weighted by Crippen LogP contribution is -2.55. The summed E-state index contributed by atoms with van der Waals surface area (Å²) in [6, 6.07) is 14.4. The molecule has 1 unspecified atom stereocenters. The summed E-state index contributed by atoms with van der Waals surface area (Å²) in [6.07, 6.45) is 0.176. The summed E-state index contributed by atoms with van der Waals surface area (Å²) in [4.78, 5) is 28.0. The fourth-order valence-corrected chi connectivity index (χ4v) is 4.05. The molecule has 142 valence electrons. The van der Waals surface area contributed by atoms with E-state index in [4.69, 9.17) is 14.2 Å². The molecule has 1 atom stereocenters. The molecular weight excluding hydrogens is 346 g/mol. The lowest BCUT2D eigenvalue weighted by Gasteiger charge is -2.46. The number of benzene rings is 2. The molecule has 3 rings (SSSR count). The molecular formula is C21H23NO5. The number of esters is 2. The van der Waals surface area contributed by atoms with Gasteiger partial charge in [0.1, 0.15) is 5.75 Å². The quantitative estimate of drug-likeness (QED) is 0.610. The van der Waals surface area contributed by atoms with Crippen LogP contribution in [-0.2, 0) is 25.5 Å². The Bertz CT molecular complexity index is 847. The molecule has 1 heterocycles. The van der Waals surface area contributed by atoms with Crippen molar-refractivity contribution < 1.29 is 23.8 Å². The summed E-state index contributed by atoms with van der Waals surface area (Å²) in [5.74, 6) is -0.677. The molecule has 0 amide bonds. The highest BCUT2D eigenvalue weighted by Gasteiger charge is 2.59. The summed E-state index contributed by atoms with van der Waals surface area (Å²) >= 11 is 0. The Hall–Kier alpha value is -3.02. The number of anilines is 1. The van der Waals surface area contributed by atoms with Crippen LogP contribution in [0.1, 0.15) is 17.2 Å². The Morgan fingerprint density at radius 3 is 2.19 bits per heavy atom. The Morgan fingerprint density at radius 1 is 0.963 bits per heavy atom. The Balaban J connectivity index is 2.33. The smallest absolute Gasteiger partial charge is 0.326 e. The second kappa shape index (κ2) is 7.31. The summed E-state index contributed by atoms with van der Waals surface area (Å²) in [6.45, 7) is 0. The highest BCUT2D eigenvalue weighted by atomic mass is 16.5. The van der Waals surface area contributed by atoms with Crippen LogP contribution in [0.3, 0.4) is 0 Å². The van der Waals surface area contributed by atoms with Crippen molar-refractivity contribution in [3.05, 3.63) is 59.7 Å². The summed E-state index contributed by atoms with van der Waals surface area (Å²) in [5, 5.41) is 0. The zero-order valence-electron chi connectivity index (χ0n) is 15.9. The Labute approximate surface area is 158 Å². The number of hydrogen-bond donors (Lipinski definition) is 0. The van der Waals surface area contributed by atoms with Crippen LogP contribution in [0.2, 0.25) is 0 Å². The van der Waals surface area contributed by atoms with Crippen molar-refractivity contribution in [3.63, 3.8) is 0 Å². The molecule has 0 spiro atoms. The average molecular weight is 369 g/mol. The Morgan fingerprint density at radius 2 is 1.56 bits per heavy atom. The maximum absolute atomic E-state index is 13.0. The van der Waals surface area contributed by atoms with Gasteiger partial charge in [0.25, 0.3) is 0 Å². The number of ether oxygens (including phenoxy) is 3. The largest absolute Gasteiger partial charge is 0.496 e. The molecule has 1 aliphatic rings. The van der Waals surface area contributed by atoms with E-state index in [1.54, 1.807) is 7.11 Å². The minimum atomic E-state index is -1.55. The molecule has 0 saturated heterocycles. The third-order valence-electron chi connectivity index (χ3n) is 5.23. The van der Waals surface area contributed by atoms with Gasteiger partial charge in [-0.2, -0.15) is 0 Å². The van der Waals surface area contributed by atoms with Gasteiger partial charge in [0.2, 0.25) is 0 Å². The van der Waals surface area contributed by atoms with Crippen LogP contribution >= 0.6 is 0 Å². The number of carbonyl (C=O) groups is 2. The van der Waals surface area contributed by atoms with E-state index >= 15 is 0 Å². The number of fused-ring (bicyclic) bond motifs is 1. The van der Waals surface area contributed by atoms with Gasteiger partial charge in [-0.15, -0.1) is 0 Å². The predicted molar refractivity (Wildman–Crippen MR) is 101 cm³/mol. The number of rotatable bonds is 4. The van der Waals surface area contributed by atoms with Crippen molar-refractivity contribution in [2.45, 2.75) is 12.5 Å². The van der Waals surface area contributed by atoms with Gasteiger partial charge in [-0.1, -0.05) is 36.4 Å². The molecule has 2 aromatic carbocycles. The van der Waals surface area contributed by atoms with Gasteiger partial charge in [-0.25, -0.2) is 0 Å². The zero-order valence-corrected chi connectivity index (χ0v) is 15.9. The number of methoxy groups -OCH3 is 3. The van der Waals surface area contributed by atoms with Crippen LogP contribution in [0.4, 0.5) is 5.69 Å². The lowest BCUT2D eigenvalue weighted by molar-refractivity contribution is -0.171. The van der Waals surface area contributed by atoms with Crippen molar-refractivity contribution in [1.29, 1.82) is 0 Å². The second-order valence-electron chi connectivity index (χ2n) is 6.52. The molecule has 2 aromatic rings. The first-order valence-corrected chi connectivity index (χ1v) is 8.61. The van der Waals surface area contributed by atoms with E-state index in [1.165, 1.54) is 14.2 Å². The number of nitrogens with zero attached hydrogens (tertiary/aromatic N) is 1. The summed E-state index contributed by atoms with van der Waals surface area (Å²) < 4.78 is 15.7. The molecule has 0 saturated carbocycles. The van der Waals surface area contributed by atoms with Gasteiger partial charge in [0.15, 0.2) is 5.41 Å². The Kier molecular flexibility index (Phi) is 5.08. The first-order valence-electron chi connectivity index (χ1n) is 8.61. The van der Waals surface area contributed by atoms with E-state index < -0.39 is 23.4 Å². The van der Waals surface area contributed by atoms with Crippen LogP contribution in [0, 0.1) is 5.41 Å². The minimum Gasteiger partial charge on any atom is -0.496 e. The van der Waals surface area contributed by atoms with Crippen molar-refractivity contribution >= 4 is 17.6 Å². The topological polar surface area (TPSA) is 65.1 Å². The fourth-order valence-electron chi connectivity index (χ4n) is 4.05. The fraction of sp³-hybridized carbons (Fsp3) is 0.333. The summed E-state index contributed by atoms with van der Waals surface area (Å²) in [7, 11) is 5.99. The van der Waals surface area contributed by atoms with Gasteiger partial charge >= 0.3 is 11.9 Å². The molecule has 6 heteroatoms. The maximum Gasteiger partial charge on any atom is 0.326 e. The molecule has 27 heavy (non-hydrogen) atoms. The molecule has 0 aliphatic carbocycles. The first-order chi connectivity index (χ1) is 13.0. The number of para-hydroxylation sites is 2. The van der Waals surface area contributed by atoms with Gasteiger partial charge < -0.3 is 19.1 Å². The van der Waals surface area contributed by atoms with Gasteiger partial charge in [0, 0.05) is 24.7 Å². The molecule has 0 radical (unpaired) electrons. The minimum absolute atomic E-state index is 0.176. The SMILES string of the molecule is COC(=O)C1(C(=O)OC)Cc2ccccc2N(C)C1c1ccccc1OC. The van der Waals surface area contributed by atoms with E-state index in [9.17, 15) is 9.59 Å². The second-order valence-corrected chi connectivity index (χ2v) is 6.52. The molecule has 0 aromatic heterocycles. The predicted octanol–water partition coefficient (Wildman–Crippen LogP) is 2.76. The van der Waals surface area contributed by atoms with E-state index in [0.717, 1.165) is 11.3 Å². The van der Waals surface area contributed by atoms with Crippen molar-refractivity contribution in [1.82, 2.24) is 0 Å². The average Bonchev–Trinajstić information content (AvgIpc) is 2.72. The van der Waals surface area contributed by atoms with Crippen molar-refractivity contribution in [2.24, 2.45) is 5.41 Å². The lowest BCUT2D eigenvalue weighted by atomic mass is 9.68. The van der Waals surface area contributed by atoms with Crippen molar-refractivity contribution in [2.75, 3.05) is 33.3 Å². The van der Waals surface area contributed by atoms with E-state index in [1.807, 2.05) is 60.5 Å². The van der Waals surface area contributed by atoms with Crippen molar-refractivity contribution in [3.8, 4) is 5.75 Å². The first kappa shape index (κ1) is 18.8. The highest BCUT2D eigenvalue weighted by Crippen LogP contribution is 2.51. The normalized spacial score (nSPS) is 17.6. The molecule has 6 nitrogen and oxygen atoms in total. The van der Waals surface area contributed by atoms with Crippen LogP contribution in [0.25, 0.3) is 0 Å². The van der Waals surface area contributed by atoms with E-state index in [2.05, 4.69) is 0 Å². The monoisotopic (exact) mass is 369 g/mol.